The van der Waals surface area contributed by atoms with Crippen LogP contribution in [0.2, 0.25) is 0 Å². The second kappa shape index (κ2) is 5.36. The molecule has 1 fully saturated rings. The van der Waals surface area contributed by atoms with Crippen molar-refractivity contribution in [2.75, 3.05) is 13.2 Å². The summed E-state index contributed by atoms with van der Waals surface area (Å²) < 4.78 is 26.5. The third-order valence-electron chi connectivity index (χ3n) is 3.05. The van der Waals surface area contributed by atoms with Gasteiger partial charge in [-0.1, -0.05) is 18.2 Å². The molecule has 0 saturated heterocycles. The van der Waals surface area contributed by atoms with Gasteiger partial charge in [-0.3, -0.25) is 0 Å². The number of aliphatic hydroxyl groups excluding tert-OH is 1. The highest BCUT2D eigenvalue weighted by Crippen LogP contribution is 2.32. The van der Waals surface area contributed by atoms with Gasteiger partial charge < -0.3 is 10.8 Å². The molecule has 1 aromatic rings. The number of rotatable bonds is 6. The first-order valence-corrected chi connectivity index (χ1v) is 7.46. The Labute approximate surface area is 107 Å². The number of nitrogens with zero attached hydrogens (tertiary/aromatic N) is 1. The van der Waals surface area contributed by atoms with Crippen molar-refractivity contribution in [1.82, 2.24) is 4.31 Å². The molecule has 100 valence electrons. The highest BCUT2D eigenvalue weighted by Gasteiger charge is 2.38. The van der Waals surface area contributed by atoms with Crippen molar-refractivity contribution in [3.8, 4) is 0 Å². The van der Waals surface area contributed by atoms with Crippen LogP contribution in [0.15, 0.2) is 29.2 Å². The van der Waals surface area contributed by atoms with E-state index in [0.717, 1.165) is 12.8 Å². The number of aliphatic hydroxyl groups is 1. The maximum atomic E-state index is 12.5. The largest absolute Gasteiger partial charge is 0.395 e. The predicted octanol–water partition coefficient (Wildman–Crippen LogP) is 0.291. The third-order valence-corrected chi connectivity index (χ3v) is 5.11. The normalized spacial score (nSPS) is 16.2. The Balaban J connectivity index is 2.39. The van der Waals surface area contributed by atoms with Crippen LogP contribution in [0.25, 0.3) is 0 Å². The molecule has 1 saturated carbocycles. The quantitative estimate of drug-likeness (QED) is 0.778. The number of sulfonamides is 1. The van der Waals surface area contributed by atoms with Gasteiger partial charge in [-0.2, -0.15) is 4.31 Å². The summed E-state index contributed by atoms with van der Waals surface area (Å²) in [6, 6.07) is 6.79. The van der Waals surface area contributed by atoms with Crippen LogP contribution in [0, 0.1) is 0 Å². The molecule has 1 aliphatic rings. The van der Waals surface area contributed by atoms with Crippen LogP contribution in [0.4, 0.5) is 0 Å². The molecule has 6 heteroatoms. The van der Waals surface area contributed by atoms with E-state index < -0.39 is 10.0 Å². The van der Waals surface area contributed by atoms with E-state index in [1.165, 1.54) is 4.31 Å². The fourth-order valence-electron chi connectivity index (χ4n) is 2.01. The number of hydrogen-bond acceptors (Lipinski definition) is 4. The second-order valence-corrected chi connectivity index (χ2v) is 6.24. The summed E-state index contributed by atoms with van der Waals surface area (Å²) in [7, 11) is -3.55. The van der Waals surface area contributed by atoms with E-state index >= 15 is 0 Å². The standard InChI is InChI=1S/C12H18N2O3S/c13-9-10-3-1-2-4-12(10)18(16,17)14(7-8-15)11-5-6-11/h1-4,11,15H,5-9,13H2. The molecule has 2 rings (SSSR count). The maximum Gasteiger partial charge on any atom is 0.243 e. The molecule has 0 aliphatic heterocycles. The lowest BCUT2D eigenvalue weighted by molar-refractivity contribution is 0.250. The predicted molar refractivity (Wildman–Crippen MR) is 68.3 cm³/mol. The highest BCUT2D eigenvalue weighted by molar-refractivity contribution is 7.89. The van der Waals surface area contributed by atoms with Gasteiger partial charge in [0.25, 0.3) is 0 Å². The lowest BCUT2D eigenvalue weighted by atomic mass is 10.2. The first-order valence-electron chi connectivity index (χ1n) is 6.02. The van der Waals surface area contributed by atoms with E-state index in [2.05, 4.69) is 0 Å². The van der Waals surface area contributed by atoms with Gasteiger partial charge in [0.05, 0.1) is 11.5 Å². The van der Waals surface area contributed by atoms with Gasteiger partial charge in [0, 0.05) is 19.1 Å². The van der Waals surface area contributed by atoms with Crippen LogP contribution in [0.5, 0.6) is 0 Å². The van der Waals surface area contributed by atoms with E-state index in [9.17, 15) is 8.42 Å². The summed E-state index contributed by atoms with van der Waals surface area (Å²) in [6.07, 6.45) is 1.73. The fourth-order valence-corrected chi connectivity index (χ4v) is 3.92. The molecule has 0 spiro atoms. The lowest BCUT2D eigenvalue weighted by Gasteiger charge is -2.22. The van der Waals surface area contributed by atoms with Crippen molar-refractivity contribution in [2.45, 2.75) is 30.3 Å². The van der Waals surface area contributed by atoms with Crippen molar-refractivity contribution in [1.29, 1.82) is 0 Å². The molecule has 0 atom stereocenters. The second-order valence-electron chi connectivity index (χ2n) is 4.38. The van der Waals surface area contributed by atoms with Gasteiger partial charge in [0.15, 0.2) is 0 Å². The zero-order valence-electron chi connectivity index (χ0n) is 10.1. The molecule has 0 bridgehead atoms. The van der Waals surface area contributed by atoms with E-state index in [4.69, 9.17) is 10.8 Å². The summed E-state index contributed by atoms with van der Waals surface area (Å²) in [4.78, 5) is 0.257. The SMILES string of the molecule is NCc1ccccc1S(=O)(=O)N(CCO)C1CC1. The van der Waals surface area contributed by atoms with Crippen LogP contribution in [-0.2, 0) is 16.6 Å². The van der Waals surface area contributed by atoms with Gasteiger partial charge in [-0.15, -0.1) is 0 Å². The topological polar surface area (TPSA) is 83.6 Å². The zero-order chi connectivity index (χ0) is 13.2. The van der Waals surface area contributed by atoms with Gasteiger partial charge >= 0.3 is 0 Å². The molecule has 0 aromatic heterocycles. The smallest absolute Gasteiger partial charge is 0.243 e. The number of hydrogen-bond donors (Lipinski definition) is 2. The van der Waals surface area contributed by atoms with Crippen LogP contribution in [-0.4, -0.2) is 37.0 Å². The Hall–Kier alpha value is -0.950. The molecule has 1 aromatic carbocycles. The highest BCUT2D eigenvalue weighted by atomic mass is 32.2. The molecule has 0 radical (unpaired) electrons. The Morgan fingerprint density at radius 3 is 2.56 bits per heavy atom. The maximum absolute atomic E-state index is 12.5. The Bertz CT molecular complexity index is 512. The minimum atomic E-state index is -3.55. The molecule has 1 aliphatic carbocycles. The minimum Gasteiger partial charge on any atom is -0.395 e. The average molecular weight is 270 g/mol. The van der Waals surface area contributed by atoms with Crippen molar-refractivity contribution in [2.24, 2.45) is 5.73 Å². The zero-order valence-corrected chi connectivity index (χ0v) is 10.9. The van der Waals surface area contributed by atoms with Gasteiger partial charge in [0.1, 0.15) is 0 Å². The summed E-state index contributed by atoms with van der Waals surface area (Å²) in [5.41, 5.74) is 6.19. The molecule has 5 nitrogen and oxygen atoms in total. The van der Waals surface area contributed by atoms with Crippen molar-refractivity contribution in [3.63, 3.8) is 0 Å². The van der Waals surface area contributed by atoms with E-state index in [1.807, 2.05) is 0 Å². The molecule has 3 N–H and O–H groups in total. The van der Waals surface area contributed by atoms with Crippen LogP contribution >= 0.6 is 0 Å². The summed E-state index contributed by atoms with van der Waals surface area (Å²) in [6.45, 7) is 0.166. The molecule has 18 heavy (non-hydrogen) atoms. The Morgan fingerprint density at radius 2 is 2.00 bits per heavy atom. The Morgan fingerprint density at radius 1 is 1.33 bits per heavy atom. The minimum absolute atomic E-state index is 0.0352. The van der Waals surface area contributed by atoms with Crippen molar-refractivity contribution < 1.29 is 13.5 Å². The molecule has 0 heterocycles. The number of benzene rings is 1. The van der Waals surface area contributed by atoms with E-state index in [1.54, 1.807) is 24.3 Å². The third kappa shape index (κ3) is 2.56. The average Bonchev–Trinajstić information content (AvgIpc) is 3.19. The molecule has 0 unspecified atom stereocenters. The summed E-state index contributed by atoms with van der Waals surface area (Å²) in [5.74, 6) is 0. The van der Waals surface area contributed by atoms with Crippen LogP contribution in [0.3, 0.4) is 0 Å². The van der Waals surface area contributed by atoms with Crippen LogP contribution < -0.4 is 5.73 Å². The number of nitrogens with two attached hydrogens (primary N) is 1. The first kappa shape index (κ1) is 13.5. The van der Waals surface area contributed by atoms with Crippen LogP contribution in [0.1, 0.15) is 18.4 Å². The monoisotopic (exact) mass is 270 g/mol. The van der Waals surface area contributed by atoms with E-state index in [-0.39, 0.29) is 30.6 Å². The van der Waals surface area contributed by atoms with Gasteiger partial charge in [-0.05, 0) is 24.5 Å². The van der Waals surface area contributed by atoms with E-state index in [0.29, 0.717) is 5.56 Å². The molecular weight excluding hydrogens is 252 g/mol. The molecular formula is C12H18N2O3S. The summed E-state index contributed by atoms with van der Waals surface area (Å²) in [5, 5.41) is 9.02. The van der Waals surface area contributed by atoms with Gasteiger partial charge in [0.2, 0.25) is 10.0 Å². The summed E-state index contributed by atoms with van der Waals surface area (Å²) >= 11 is 0. The fraction of sp³-hybridized carbons (Fsp3) is 0.500. The van der Waals surface area contributed by atoms with Crippen molar-refractivity contribution in [3.05, 3.63) is 29.8 Å². The van der Waals surface area contributed by atoms with Gasteiger partial charge in [-0.25, -0.2) is 8.42 Å². The van der Waals surface area contributed by atoms with Crippen molar-refractivity contribution >= 4 is 10.0 Å². The first-order chi connectivity index (χ1) is 8.61. The lowest BCUT2D eigenvalue weighted by Crippen LogP contribution is -2.36. The Kier molecular flexibility index (Phi) is 4.01. The molecule has 0 amide bonds.